The number of fused-ring (bicyclic) bond motifs is 4. The Morgan fingerprint density at radius 2 is 1.28 bits per heavy atom. The van der Waals surface area contributed by atoms with E-state index in [0.29, 0.717) is 0 Å². The summed E-state index contributed by atoms with van der Waals surface area (Å²) in [4.78, 5) is 9.90. The van der Waals surface area contributed by atoms with Crippen LogP contribution >= 0.6 is 0 Å². The van der Waals surface area contributed by atoms with Crippen molar-refractivity contribution in [2.24, 2.45) is 5.92 Å². The molecule has 0 aliphatic carbocycles. The van der Waals surface area contributed by atoms with E-state index < -0.39 is 19.6 Å². The number of hydrogen-bond donors (Lipinski definition) is 0. The van der Waals surface area contributed by atoms with Crippen molar-refractivity contribution in [3.8, 4) is 50.6 Å². The summed E-state index contributed by atoms with van der Waals surface area (Å²) in [7, 11) is 0. The third kappa shape index (κ3) is 9.93. The Labute approximate surface area is 416 Å². The molecule has 3 heterocycles. The molecule has 339 valence electrons. The minimum Gasteiger partial charge on any atom is 0 e. The van der Waals surface area contributed by atoms with Gasteiger partial charge in [0.1, 0.15) is 5.58 Å². The second-order valence-corrected chi connectivity index (χ2v) is 29.7. The molecular weight excluding hydrogens is 1060 g/mol. The van der Waals surface area contributed by atoms with Crippen LogP contribution in [-0.2, 0) is 26.5 Å². The molecule has 0 aliphatic rings. The van der Waals surface area contributed by atoms with E-state index in [1.807, 2.05) is 62.5 Å². The van der Waals surface area contributed by atoms with Gasteiger partial charge in [-0.25, -0.2) is 0 Å². The van der Waals surface area contributed by atoms with Crippen molar-refractivity contribution in [2.75, 3.05) is 0 Å². The largest absolute Gasteiger partial charge is 0 e. The Morgan fingerprint density at radius 1 is 0.642 bits per heavy atom. The molecule has 0 bridgehead atoms. The summed E-state index contributed by atoms with van der Waals surface area (Å²) < 4.78 is 27.4. The van der Waals surface area contributed by atoms with Crippen LogP contribution in [0.1, 0.15) is 72.8 Å². The fourth-order valence-electron chi connectivity index (χ4n) is 8.94. The first kappa shape index (κ1) is 45.0. The van der Waals surface area contributed by atoms with Gasteiger partial charge in [0, 0.05) is 31.2 Å². The first-order chi connectivity index (χ1) is 32.6. The Hall–Kier alpha value is -5.85. The molecule has 0 amide bonds. The fraction of sp³-hybridized carbons (Fsp3) is 0.213. The smallest absolute Gasteiger partial charge is 0 e. The molecule has 0 atom stereocenters. The van der Waals surface area contributed by atoms with Gasteiger partial charge in [-0.1, -0.05) is 124 Å². The molecule has 0 aliphatic heterocycles. The van der Waals surface area contributed by atoms with E-state index in [4.69, 9.17) is 12.1 Å². The van der Waals surface area contributed by atoms with E-state index in [2.05, 4.69) is 182 Å². The monoisotopic (exact) mass is 1120 g/mol. The predicted molar refractivity (Wildman–Crippen MR) is 282 cm³/mol. The van der Waals surface area contributed by atoms with Gasteiger partial charge in [-0.3, -0.25) is 4.98 Å². The van der Waals surface area contributed by atoms with E-state index in [-0.39, 0.29) is 37.9 Å². The van der Waals surface area contributed by atoms with Crippen molar-refractivity contribution in [1.29, 1.82) is 0 Å². The normalized spacial score (nSPS) is 12.4. The molecule has 0 saturated carbocycles. The predicted octanol–water partition coefficient (Wildman–Crippen LogP) is 16.3. The number of para-hydroxylation sites is 2. The van der Waals surface area contributed by atoms with Crippen LogP contribution in [0.15, 0.2) is 168 Å². The number of benzene rings is 7. The Bertz CT molecular complexity index is 3360. The number of hydrogen-bond acceptors (Lipinski definition) is 3. The van der Waals surface area contributed by atoms with E-state index in [1.165, 1.54) is 33.5 Å². The maximum absolute atomic E-state index is 8.56. The molecule has 1 radical (unpaired) electrons. The van der Waals surface area contributed by atoms with Crippen LogP contribution in [0.25, 0.3) is 83.6 Å². The SMILES string of the molecule is CC(C)c1cc(-c2ccccc2)cc(C(C)C)c1-n1c(-c2[c-]ccc3c2oc2cc(-c4ccccc4)ccc23)nc2ccccc21.[2H]C([2H])(c1cc(-c2[c-]cccc2)nc[c]1[Ge]([CH3])([CH3])[CH3])C(C)C.[Ir]. The molecule has 0 unspecified atom stereocenters. The molecule has 0 spiro atoms. The van der Waals surface area contributed by atoms with Crippen molar-refractivity contribution in [1.82, 2.24) is 14.5 Å². The van der Waals surface area contributed by atoms with Gasteiger partial charge in [-0.15, -0.1) is 18.2 Å². The maximum Gasteiger partial charge on any atom is 0 e. The van der Waals surface area contributed by atoms with Gasteiger partial charge < -0.3 is 8.98 Å². The second kappa shape index (κ2) is 20.2. The van der Waals surface area contributed by atoms with Gasteiger partial charge in [0.25, 0.3) is 0 Å². The van der Waals surface area contributed by atoms with Crippen LogP contribution in [0.5, 0.6) is 0 Å². The van der Waals surface area contributed by atoms with E-state index in [9.17, 15) is 0 Å². The van der Waals surface area contributed by atoms with Crippen LogP contribution in [-0.4, -0.2) is 27.8 Å². The molecule has 0 fully saturated rings. The van der Waals surface area contributed by atoms with Crippen LogP contribution in [0.3, 0.4) is 0 Å². The minimum absolute atomic E-state index is 0. The standard InChI is InChI=1S/C43H35N2O.C18H24GeN.Ir/c1-27(2)36-24-32(30-16-9-6-10-17-30)25-37(28(3)4)41(36)45-39-21-12-11-20-38(39)44-43(45)35-19-13-18-34-33-23-22-31(26-40(33)46-42(34)35)29-14-7-5-8-15-29;1-14(2)11-16-12-18(15-9-7-6-8-10-15)20-13-17(16)19(3,4)5;/h5-18,20-28H,1-4H3;6-9,12-14H,11H2,1-5H3;/q2*-1;/i;11D2;. The van der Waals surface area contributed by atoms with Gasteiger partial charge in [0.2, 0.25) is 0 Å². The zero-order valence-corrected chi connectivity index (χ0v) is 44.4. The van der Waals surface area contributed by atoms with Gasteiger partial charge >= 0.3 is 128 Å². The summed E-state index contributed by atoms with van der Waals surface area (Å²) >= 11 is -2.20. The number of furan rings is 1. The molecule has 0 saturated heterocycles. The summed E-state index contributed by atoms with van der Waals surface area (Å²) in [5.41, 5.74) is 15.6. The summed E-state index contributed by atoms with van der Waals surface area (Å²) in [6.07, 6.45) is 0.562. The summed E-state index contributed by atoms with van der Waals surface area (Å²) in [6.45, 7) is 13.0. The topological polar surface area (TPSA) is 43.9 Å². The molecule has 10 aromatic rings. The minimum atomic E-state index is -2.20. The third-order valence-electron chi connectivity index (χ3n) is 12.2. The zero-order chi connectivity index (χ0) is 47.9. The maximum atomic E-state index is 8.56. The van der Waals surface area contributed by atoms with Crippen molar-refractivity contribution in [3.63, 3.8) is 0 Å². The summed E-state index contributed by atoms with van der Waals surface area (Å²) in [5.74, 6) is 8.18. The zero-order valence-electron chi connectivity index (χ0n) is 41.9. The summed E-state index contributed by atoms with van der Waals surface area (Å²) in [6, 6.07) is 61.3. The first-order valence-electron chi connectivity index (χ1n) is 24.2. The number of aromatic nitrogens is 3. The number of pyridine rings is 1. The van der Waals surface area contributed by atoms with Crippen molar-refractivity contribution in [2.45, 2.75) is 77.0 Å². The number of rotatable bonds is 10. The Morgan fingerprint density at radius 3 is 1.91 bits per heavy atom. The van der Waals surface area contributed by atoms with Crippen molar-refractivity contribution < 1.29 is 27.3 Å². The van der Waals surface area contributed by atoms with E-state index in [0.717, 1.165) is 71.1 Å². The van der Waals surface area contributed by atoms with Crippen LogP contribution in [0.4, 0.5) is 0 Å². The molecule has 67 heavy (non-hydrogen) atoms. The molecule has 10 rings (SSSR count). The Kier molecular flexibility index (Phi) is 13.5. The molecular formula is C61H59GeIrN3O-2. The fourth-order valence-corrected chi connectivity index (χ4v) is 11.9. The molecule has 0 N–H and O–H groups in total. The number of nitrogens with zero attached hydrogens (tertiary/aromatic N) is 3. The van der Waals surface area contributed by atoms with Gasteiger partial charge in [0.15, 0.2) is 0 Å². The molecule has 6 heteroatoms. The van der Waals surface area contributed by atoms with Crippen molar-refractivity contribution in [3.05, 3.63) is 193 Å². The Balaban J connectivity index is 0.000000236. The first-order valence-corrected chi connectivity index (χ1v) is 30.6. The van der Waals surface area contributed by atoms with Crippen LogP contribution in [0, 0.1) is 18.1 Å². The van der Waals surface area contributed by atoms with Gasteiger partial charge in [0.05, 0.1) is 22.4 Å². The average molecular weight is 1120 g/mol. The quantitative estimate of drug-likeness (QED) is 0.101. The average Bonchev–Trinajstić information content (AvgIpc) is 3.92. The third-order valence-corrected chi connectivity index (χ3v) is 16.4. The van der Waals surface area contributed by atoms with E-state index >= 15 is 0 Å². The van der Waals surface area contributed by atoms with Crippen molar-refractivity contribution >= 4 is 50.6 Å². The van der Waals surface area contributed by atoms with Gasteiger partial charge in [-0.05, 0) is 75.5 Å². The van der Waals surface area contributed by atoms with Crippen LogP contribution < -0.4 is 4.40 Å². The molecule has 7 aromatic carbocycles. The van der Waals surface area contributed by atoms with Crippen LogP contribution in [0.2, 0.25) is 17.3 Å². The van der Waals surface area contributed by atoms with E-state index in [1.54, 1.807) is 0 Å². The number of imidazole rings is 1. The molecule has 3 aromatic heterocycles. The summed E-state index contributed by atoms with van der Waals surface area (Å²) in [5, 5.41) is 2.15. The second-order valence-electron chi connectivity index (χ2n) is 19.2. The molecule has 4 nitrogen and oxygen atoms in total. The van der Waals surface area contributed by atoms with Gasteiger partial charge in [-0.2, -0.15) is 0 Å².